The number of hydrogen-bond donors (Lipinski definition) is 1. The normalized spacial score (nSPS) is 11.6. The highest BCUT2D eigenvalue weighted by atomic mass is 32.1. The Morgan fingerprint density at radius 1 is 1.29 bits per heavy atom. The fourth-order valence-electron chi connectivity index (χ4n) is 2.08. The number of likely N-dealkylation sites (N-methyl/N-ethyl adjacent to an activating group) is 1. The van der Waals surface area contributed by atoms with Crippen molar-refractivity contribution in [3.63, 3.8) is 0 Å². The predicted molar refractivity (Wildman–Crippen MR) is 91.2 cm³/mol. The SMILES string of the molecule is CNCc1sc(N(CCN(C)C)CC(C)C)nc1COC. The Bertz CT molecular complexity index is 383. The van der Waals surface area contributed by atoms with Gasteiger partial charge in [-0.2, -0.15) is 0 Å². The second kappa shape index (κ2) is 9.35. The lowest BCUT2D eigenvalue weighted by molar-refractivity contribution is 0.181. The van der Waals surface area contributed by atoms with Crippen LogP contribution in [0, 0.1) is 5.92 Å². The topological polar surface area (TPSA) is 40.6 Å². The summed E-state index contributed by atoms with van der Waals surface area (Å²) in [5, 5.41) is 4.33. The number of aromatic nitrogens is 1. The highest BCUT2D eigenvalue weighted by Crippen LogP contribution is 2.27. The minimum Gasteiger partial charge on any atom is -0.378 e. The zero-order valence-corrected chi connectivity index (χ0v) is 15.1. The second-order valence-corrected chi connectivity index (χ2v) is 7.03. The number of anilines is 1. The molecule has 0 aromatic carbocycles. The Hall–Kier alpha value is -0.690. The second-order valence-electron chi connectivity index (χ2n) is 5.97. The molecular weight excluding hydrogens is 284 g/mol. The number of thiazole rings is 1. The van der Waals surface area contributed by atoms with Crippen LogP contribution in [-0.2, 0) is 17.9 Å². The van der Waals surface area contributed by atoms with Crippen LogP contribution in [0.15, 0.2) is 0 Å². The van der Waals surface area contributed by atoms with Crippen LogP contribution in [-0.4, -0.2) is 57.8 Å². The first kappa shape index (κ1) is 18.4. The van der Waals surface area contributed by atoms with Gasteiger partial charge in [0.2, 0.25) is 0 Å². The Kier molecular flexibility index (Phi) is 8.18. The van der Waals surface area contributed by atoms with Crippen molar-refractivity contribution in [2.24, 2.45) is 5.92 Å². The number of methoxy groups -OCH3 is 1. The highest BCUT2D eigenvalue weighted by molar-refractivity contribution is 7.15. The average Bonchev–Trinajstić information content (AvgIpc) is 2.78. The molecule has 21 heavy (non-hydrogen) atoms. The zero-order valence-electron chi connectivity index (χ0n) is 14.3. The van der Waals surface area contributed by atoms with Crippen LogP contribution in [0.25, 0.3) is 0 Å². The first-order chi connectivity index (χ1) is 9.97. The van der Waals surface area contributed by atoms with E-state index in [-0.39, 0.29) is 0 Å². The summed E-state index contributed by atoms with van der Waals surface area (Å²) in [5.41, 5.74) is 1.06. The minimum atomic E-state index is 0.580. The molecule has 0 spiro atoms. The van der Waals surface area contributed by atoms with Crippen LogP contribution < -0.4 is 10.2 Å². The van der Waals surface area contributed by atoms with Crippen molar-refractivity contribution in [2.75, 3.05) is 52.8 Å². The summed E-state index contributed by atoms with van der Waals surface area (Å²) in [7, 11) is 7.91. The molecule has 0 atom stereocenters. The average molecular weight is 314 g/mol. The molecule has 0 fully saturated rings. The van der Waals surface area contributed by atoms with Gasteiger partial charge >= 0.3 is 0 Å². The van der Waals surface area contributed by atoms with E-state index in [4.69, 9.17) is 9.72 Å². The Labute approximate surface area is 133 Å². The first-order valence-electron chi connectivity index (χ1n) is 7.49. The summed E-state index contributed by atoms with van der Waals surface area (Å²) >= 11 is 1.78. The van der Waals surface area contributed by atoms with E-state index in [0.29, 0.717) is 12.5 Å². The molecular formula is C15H30N4OS. The fraction of sp³-hybridized carbons (Fsp3) is 0.800. The molecule has 1 aromatic heterocycles. The smallest absolute Gasteiger partial charge is 0.185 e. The van der Waals surface area contributed by atoms with Gasteiger partial charge in [-0.15, -0.1) is 11.3 Å². The molecule has 1 N–H and O–H groups in total. The van der Waals surface area contributed by atoms with Crippen LogP contribution in [0.3, 0.4) is 0 Å². The van der Waals surface area contributed by atoms with Gasteiger partial charge in [-0.3, -0.25) is 0 Å². The molecule has 0 amide bonds. The van der Waals surface area contributed by atoms with E-state index in [1.54, 1.807) is 18.4 Å². The minimum absolute atomic E-state index is 0.580. The largest absolute Gasteiger partial charge is 0.378 e. The van der Waals surface area contributed by atoms with Gasteiger partial charge in [-0.05, 0) is 27.1 Å². The summed E-state index contributed by atoms with van der Waals surface area (Å²) in [5.74, 6) is 0.620. The molecule has 5 nitrogen and oxygen atoms in total. The van der Waals surface area contributed by atoms with Gasteiger partial charge in [-0.1, -0.05) is 13.8 Å². The third-order valence-corrected chi connectivity index (χ3v) is 4.22. The monoisotopic (exact) mass is 314 g/mol. The summed E-state index contributed by atoms with van der Waals surface area (Å²) in [6.07, 6.45) is 0. The number of nitrogens with one attached hydrogen (secondary N) is 1. The molecule has 0 unspecified atom stereocenters. The Morgan fingerprint density at radius 3 is 2.52 bits per heavy atom. The maximum Gasteiger partial charge on any atom is 0.185 e. The van der Waals surface area contributed by atoms with Crippen LogP contribution in [0.2, 0.25) is 0 Å². The summed E-state index contributed by atoms with van der Waals surface area (Å²) in [6.45, 7) is 9.00. The van der Waals surface area contributed by atoms with E-state index < -0.39 is 0 Å². The molecule has 1 aromatic rings. The van der Waals surface area contributed by atoms with E-state index in [1.165, 1.54) is 4.88 Å². The van der Waals surface area contributed by atoms with Crippen LogP contribution in [0.5, 0.6) is 0 Å². The zero-order chi connectivity index (χ0) is 15.8. The van der Waals surface area contributed by atoms with Crippen molar-refractivity contribution in [2.45, 2.75) is 27.0 Å². The van der Waals surface area contributed by atoms with Crippen molar-refractivity contribution in [1.29, 1.82) is 0 Å². The van der Waals surface area contributed by atoms with E-state index >= 15 is 0 Å². The Morgan fingerprint density at radius 2 is 2.00 bits per heavy atom. The maximum absolute atomic E-state index is 5.28. The Balaban J connectivity index is 2.91. The number of nitrogens with zero attached hydrogens (tertiary/aromatic N) is 3. The van der Waals surface area contributed by atoms with Crippen molar-refractivity contribution >= 4 is 16.5 Å². The lowest BCUT2D eigenvalue weighted by Crippen LogP contribution is -2.34. The first-order valence-corrected chi connectivity index (χ1v) is 8.31. The van der Waals surface area contributed by atoms with Crippen LogP contribution >= 0.6 is 11.3 Å². The molecule has 122 valence electrons. The van der Waals surface area contributed by atoms with Gasteiger partial charge in [0.25, 0.3) is 0 Å². The van der Waals surface area contributed by atoms with E-state index in [1.807, 2.05) is 7.05 Å². The molecule has 0 aliphatic rings. The van der Waals surface area contributed by atoms with Crippen molar-refractivity contribution in [3.05, 3.63) is 10.6 Å². The van der Waals surface area contributed by atoms with E-state index in [0.717, 1.165) is 37.0 Å². The molecule has 0 aliphatic carbocycles. The molecule has 1 rings (SSSR count). The summed E-state index contributed by atoms with van der Waals surface area (Å²) < 4.78 is 5.28. The predicted octanol–water partition coefficient (Wildman–Crippen LogP) is 2.03. The third kappa shape index (κ3) is 6.30. The third-order valence-electron chi connectivity index (χ3n) is 3.06. The van der Waals surface area contributed by atoms with Gasteiger partial charge in [0.15, 0.2) is 5.13 Å². The van der Waals surface area contributed by atoms with Gasteiger partial charge in [0.1, 0.15) is 0 Å². The van der Waals surface area contributed by atoms with Gasteiger partial charge in [0.05, 0.1) is 12.3 Å². The van der Waals surface area contributed by atoms with Crippen molar-refractivity contribution in [3.8, 4) is 0 Å². The molecule has 0 aliphatic heterocycles. The lowest BCUT2D eigenvalue weighted by atomic mass is 10.2. The maximum atomic E-state index is 5.28. The van der Waals surface area contributed by atoms with Gasteiger partial charge in [0, 0.05) is 38.2 Å². The quantitative estimate of drug-likeness (QED) is 0.716. The molecule has 1 heterocycles. The van der Waals surface area contributed by atoms with Gasteiger partial charge < -0.3 is 19.9 Å². The summed E-state index contributed by atoms with van der Waals surface area (Å²) in [4.78, 5) is 10.7. The lowest BCUT2D eigenvalue weighted by Gasteiger charge is -2.25. The molecule has 0 saturated carbocycles. The summed E-state index contributed by atoms with van der Waals surface area (Å²) in [6, 6.07) is 0. The molecule has 0 saturated heterocycles. The number of ether oxygens (including phenoxy) is 1. The molecule has 0 radical (unpaired) electrons. The fourth-order valence-corrected chi connectivity index (χ4v) is 3.19. The molecule has 0 bridgehead atoms. The number of hydrogen-bond acceptors (Lipinski definition) is 6. The van der Waals surface area contributed by atoms with E-state index in [9.17, 15) is 0 Å². The molecule has 6 heteroatoms. The van der Waals surface area contributed by atoms with Gasteiger partial charge in [-0.25, -0.2) is 4.98 Å². The number of rotatable bonds is 10. The standard InChI is InChI=1S/C15H30N4OS/c1-12(2)10-19(8-7-18(4)5)15-17-13(11-20-6)14(21-15)9-16-3/h12,16H,7-11H2,1-6H3. The highest BCUT2D eigenvalue weighted by Gasteiger charge is 2.17. The van der Waals surface area contributed by atoms with E-state index in [2.05, 4.69) is 43.1 Å². The van der Waals surface area contributed by atoms with Crippen LogP contribution in [0.1, 0.15) is 24.4 Å². The van der Waals surface area contributed by atoms with Crippen LogP contribution in [0.4, 0.5) is 5.13 Å². The van der Waals surface area contributed by atoms with Crippen molar-refractivity contribution < 1.29 is 4.74 Å². The van der Waals surface area contributed by atoms with Crippen molar-refractivity contribution in [1.82, 2.24) is 15.2 Å².